The smallest absolute Gasteiger partial charge is 0.270 e. The zero-order chi connectivity index (χ0) is 20.1. The first-order chi connectivity index (χ1) is 13.5. The molecule has 0 bridgehead atoms. The summed E-state index contributed by atoms with van der Waals surface area (Å²) in [5, 5.41) is 14.8. The molecular formula is C20H20N4O4. The van der Waals surface area contributed by atoms with Gasteiger partial charge in [0.2, 0.25) is 11.7 Å². The van der Waals surface area contributed by atoms with Gasteiger partial charge in [0.1, 0.15) is 0 Å². The van der Waals surface area contributed by atoms with Crippen molar-refractivity contribution in [3.63, 3.8) is 0 Å². The third-order valence-electron chi connectivity index (χ3n) is 4.25. The Bertz CT molecular complexity index is 969. The molecule has 28 heavy (non-hydrogen) atoms. The molecule has 0 aliphatic rings. The van der Waals surface area contributed by atoms with Crippen molar-refractivity contribution in [3.8, 4) is 11.4 Å². The van der Waals surface area contributed by atoms with Gasteiger partial charge in [-0.25, -0.2) is 0 Å². The van der Waals surface area contributed by atoms with Gasteiger partial charge in [-0.15, -0.1) is 0 Å². The molecule has 0 aliphatic carbocycles. The standard InChI is InChI=1S/C20H20N4O4/c1-14(2)23(20(25)15-7-4-3-5-8-15)12-11-18-21-19(22-28-18)16-9-6-10-17(13-16)24(26)27/h3-10,13-14H,11-12H2,1-2H3. The highest BCUT2D eigenvalue weighted by atomic mass is 16.6. The molecule has 0 saturated carbocycles. The monoisotopic (exact) mass is 380 g/mol. The molecule has 0 atom stereocenters. The average molecular weight is 380 g/mol. The highest BCUT2D eigenvalue weighted by Gasteiger charge is 2.20. The van der Waals surface area contributed by atoms with Crippen molar-refractivity contribution >= 4 is 11.6 Å². The van der Waals surface area contributed by atoms with Crippen LogP contribution >= 0.6 is 0 Å². The van der Waals surface area contributed by atoms with E-state index in [4.69, 9.17) is 4.52 Å². The maximum atomic E-state index is 12.7. The summed E-state index contributed by atoms with van der Waals surface area (Å²) in [6.45, 7) is 4.31. The van der Waals surface area contributed by atoms with Crippen LogP contribution in [0.3, 0.4) is 0 Å². The lowest BCUT2D eigenvalue weighted by Crippen LogP contribution is -2.38. The van der Waals surface area contributed by atoms with Gasteiger partial charge in [-0.2, -0.15) is 4.98 Å². The summed E-state index contributed by atoms with van der Waals surface area (Å²) in [5.74, 6) is 0.589. The van der Waals surface area contributed by atoms with E-state index in [1.54, 1.807) is 29.2 Å². The lowest BCUT2D eigenvalue weighted by atomic mass is 10.1. The summed E-state index contributed by atoms with van der Waals surface area (Å²) in [6, 6.07) is 15.1. The van der Waals surface area contributed by atoms with Gasteiger partial charge in [-0.1, -0.05) is 35.5 Å². The second kappa shape index (κ2) is 8.43. The molecule has 0 N–H and O–H groups in total. The van der Waals surface area contributed by atoms with E-state index in [-0.39, 0.29) is 23.5 Å². The number of nitrogens with zero attached hydrogens (tertiary/aromatic N) is 4. The summed E-state index contributed by atoms with van der Waals surface area (Å²) in [4.78, 5) is 29.2. The lowest BCUT2D eigenvalue weighted by Gasteiger charge is -2.26. The fourth-order valence-corrected chi connectivity index (χ4v) is 2.79. The topological polar surface area (TPSA) is 102 Å². The molecule has 0 aliphatic heterocycles. The van der Waals surface area contributed by atoms with Gasteiger partial charge < -0.3 is 9.42 Å². The van der Waals surface area contributed by atoms with Gasteiger partial charge in [-0.3, -0.25) is 14.9 Å². The van der Waals surface area contributed by atoms with Crippen molar-refractivity contribution in [1.82, 2.24) is 15.0 Å². The summed E-state index contributed by atoms with van der Waals surface area (Å²) < 4.78 is 5.27. The number of non-ortho nitro benzene ring substituents is 1. The van der Waals surface area contributed by atoms with Crippen LogP contribution in [0.5, 0.6) is 0 Å². The van der Waals surface area contributed by atoms with E-state index in [1.807, 2.05) is 32.0 Å². The first-order valence-electron chi connectivity index (χ1n) is 8.89. The van der Waals surface area contributed by atoms with Crippen LogP contribution in [0.1, 0.15) is 30.1 Å². The first kappa shape index (κ1) is 19.2. The highest BCUT2D eigenvalue weighted by molar-refractivity contribution is 5.94. The predicted octanol–water partition coefficient (Wildman–Crippen LogP) is 3.74. The Kier molecular flexibility index (Phi) is 5.78. The maximum absolute atomic E-state index is 12.7. The first-order valence-corrected chi connectivity index (χ1v) is 8.89. The molecule has 1 heterocycles. The number of hydrogen-bond acceptors (Lipinski definition) is 6. The minimum absolute atomic E-state index is 0.00636. The van der Waals surface area contributed by atoms with Gasteiger partial charge in [0.25, 0.3) is 11.6 Å². The number of amides is 1. The largest absolute Gasteiger partial charge is 0.339 e. The Labute approximate surface area is 161 Å². The zero-order valence-corrected chi connectivity index (χ0v) is 15.6. The number of carbonyl (C=O) groups excluding carboxylic acids is 1. The zero-order valence-electron chi connectivity index (χ0n) is 15.6. The molecule has 2 aromatic carbocycles. The van der Waals surface area contributed by atoms with Crippen LogP contribution in [0.15, 0.2) is 59.1 Å². The van der Waals surface area contributed by atoms with Gasteiger partial charge in [-0.05, 0) is 26.0 Å². The predicted molar refractivity (Wildman–Crippen MR) is 103 cm³/mol. The molecule has 3 rings (SSSR count). The minimum atomic E-state index is -0.472. The number of nitro benzene ring substituents is 1. The summed E-state index contributed by atoms with van der Waals surface area (Å²) >= 11 is 0. The fourth-order valence-electron chi connectivity index (χ4n) is 2.79. The van der Waals surface area contributed by atoms with E-state index in [0.717, 1.165) is 0 Å². The Morgan fingerprint density at radius 2 is 1.93 bits per heavy atom. The Morgan fingerprint density at radius 1 is 1.18 bits per heavy atom. The van der Waals surface area contributed by atoms with Crippen molar-refractivity contribution in [2.24, 2.45) is 0 Å². The highest BCUT2D eigenvalue weighted by Crippen LogP contribution is 2.21. The number of rotatable bonds is 7. The normalized spacial score (nSPS) is 10.8. The van der Waals surface area contributed by atoms with Gasteiger partial charge in [0.05, 0.1) is 4.92 Å². The van der Waals surface area contributed by atoms with Crippen LogP contribution in [-0.4, -0.2) is 38.5 Å². The van der Waals surface area contributed by atoms with E-state index in [1.165, 1.54) is 12.1 Å². The van der Waals surface area contributed by atoms with Crippen LogP contribution in [0.25, 0.3) is 11.4 Å². The van der Waals surface area contributed by atoms with Gasteiger partial charge >= 0.3 is 0 Å². The Balaban J connectivity index is 1.71. The molecular weight excluding hydrogens is 360 g/mol. The number of aromatic nitrogens is 2. The average Bonchev–Trinajstić information content (AvgIpc) is 3.17. The molecule has 0 radical (unpaired) electrons. The van der Waals surface area contributed by atoms with Crippen molar-refractivity contribution in [3.05, 3.63) is 76.2 Å². The van der Waals surface area contributed by atoms with E-state index in [2.05, 4.69) is 10.1 Å². The Hall–Kier alpha value is -3.55. The van der Waals surface area contributed by atoms with E-state index in [0.29, 0.717) is 30.0 Å². The van der Waals surface area contributed by atoms with Crippen LogP contribution in [0.4, 0.5) is 5.69 Å². The molecule has 8 nitrogen and oxygen atoms in total. The molecule has 3 aromatic rings. The number of carbonyl (C=O) groups is 1. The van der Waals surface area contributed by atoms with Crippen LogP contribution in [-0.2, 0) is 6.42 Å². The SMILES string of the molecule is CC(C)N(CCc1nc(-c2cccc([N+](=O)[O-])c2)no1)C(=O)c1ccccc1. The summed E-state index contributed by atoms with van der Waals surface area (Å²) in [6.07, 6.45) is 0.388. The lowest BCUT2D eigenvalue weighted by molar-refractivity contribution is -0.384. The van der Waals surface area contributed by atoms with Gasteiger partial charge in [0, 0.05) is 42.3 Å². The third kappa shape index (κ3) is 4.40. The van der Waals surface area contributed by atoms with Crippen molar-refractivity contribution in [2.75, 3.05) is 6.54 Å². The van der Waals surface area contributed by atoms with E-state index >= 15 is 0 Å². The molecule has 8 heteroatoms. The maximum Gasteiger partial charge on any atom is 0.270 e. The van der Waals surface area contributed by atoms with Crippen molar-refractivity contribution in [2.45, 2.75) is 26.3 Å². The number of benzene rings is 2. The molecule has 0 fully saturated rings. The molecule has 0 unspecified atom stereocenters. The van der Waals surface area contributed by atoms with Gasteiger partial charge in [0.15, 0.2) is 0 Å². The third-order valence-corrected chi connectivity index (χ3v) is 4.25. The van der Waals surface area contributed by atoms with Crippen LogP contribution in [0.2, 0.25) is 0 Å². The minimum Gasteiger partial charge on any atom is -0.339 e. The molecule has 144 valence electrons. The molecule has 1 aromatic heterocycles. The summed E-state index contributed by atoms with van der Waals surface area (Å²) in [7, 11) is 0. The molecule has 0 spiro atoms. The second-order valence-corrected chi connectivity index (χ2v) is 6.53. The van der Waals surface area contributed by atoms with E-state index < -0.39 is 4.92 Å². The second-order valence-electron chi connectivity index (χ2n) is 6.53. The van der Waals surface area contributed by atoms with E-state index in [9.17, 15) is 14.9 Å². The quantitative estimate of drug-likeness (QED) is 0.457. The summed E-state index contributed by atoms with van der Waals surface area (Å²) in [5.41, 5.74) is 1.09. The molecule has 1 amide bonds. The molecule has 0 saturated heterocycles. The number of hydrogen-bond donors (Lipinski definition) is 0. The van der Waals surface area contributed by atoms with Crippen molar-refractivity contribution < 1.29 is 14.2 Å². The number of nitro groups is 1. The van der Waals surface area contributed by atoms with Crippen LogP contribution in [0, 0.1) is 10.1 Å². The Morgan fingerprint density at radius 3 is 2.61 bits per heavy atom. The fraction of sp³-hybridized carbons (Fsp3) is 0.250. The van der Waals surface area contributed by atoms with Crippen LogP contribution < -0.4 is 0 Å². The van der Waals surface area contributed by atoms with Crippen molar-refractivity contribution in [1.29, 1.82) is 0 Å².